The van der Waals surface area contributed by atoms with E-state index in [1.165, 1.54) is 16.7 Å². The lowest BCUT2D eigenvalue weighted by atomic mass is 10.1. The van der Waals surface area contributed by atoms with Crippen molar-refractivity contribution in [2.24, 2.45) is 0 Å². The number of sulfonamides is 1. The largest absolute Gasteiger partial charge is 0.484 e. The van der Waals surface area contributed by atoms with Crippen molar-refractivity contribution in [3.63, 3.8) is 0 Å². The molecule has 0 radical (unpaired) electrons. The average molecular weight is 555 g/mol. The number of aromatic amines is 1. The zero-order chi connectivity index (χ0) is 24.9. The molecule has 3 aromatic heterocycles. The van der Waals surface area contributed by atoms with Gasteiger partial charge in [-0.2, -0.15) is 5.10 Å². The molecular weight excluding hydrogens is 537 g/mol. The summed E-state index contributed by atoms with van der Waals surface area (Å²) in [5, 5.41) is 9.18. The van der Waals surface area contributed by atoms with Crippen molar-refractivity contribution >= 4 is 61.4 Å². The predicted molar refractivity (Wildman–Crippen MR) is 135 cm³/mol. The summed E-state index contributed by atoms with van der Waals surface area (Å²) in [4.78, 5) is 8.29. The van der Waals surface area contributed by atoms with Crippen LogP contribution in [0.25, 0.3) is 22.2 Å². The number of fused-ring (bicyclic) bond motifs is 2. The van der Waals surface area contributed by atoms with Crippen LogP contribution in [0.15, 0.2) is 36.8 Å². The quantitative estimate of drug-likeness (QED) is 0.357. The number of H-pyrrole nitrogens is 1. The molecule has 1 aromatic carbocycles. The number of pyridine rings is 2. The molecular formula is C22H18Cl3N5O4S. The molecule has 0 saturated heterocycles. The monoisotopic (exact) mass is 553 g/mol. The van der Waals surface area contributed by atoms with Gasteiger partial charge in [0.15, 0.2) is 0 Å². The number of hydrogen-bond donors (Lipinski definition) is 1. The van der Waals surface area contributed by atoms with Crippen molar-refractivity contribution in [3.05, 3.63) is 57.4 Å². The molecule has 1 atom stereocenters. The topological polar surface area (TPSA) is 110 Å². The maximum absolute atomic E-state index is 12.3. The normalized spacial score (nSPS) is 14.5. The van der Waals surface area contributed by atoms with Gasteiger partial charge in [0, 0.05) is 35.1 Å². The fraction of sp³-hybridized carbons (Fsp3) is 0.227. The van der Waals surface area contributed by atoms with E-state index in [0.29, 0.717) is 54.2 Å². The van der Waals surface area contributed by atoms with Gasteiger partial charge in [-0.05, 0) is 25.1 Å². The SMILES string of the molecule is C[C@@H](Oc1cc2c(-c3cnc4c(c3)N(S(C)(=O)=O)CCO4)n[nH]c2cc1Cl)c1c(Cl)cncc1Cl. The Bertz CT molecular complexity index is 1540. The van der Waals surface area contributed by atoms with Crippen LogP contribution in [0.5, 0.6) is 11.6 Å². The zero-order valence-electron chi connectivity index (χ0n) is 18.4. The van der Waals surface area contributed by atoms with E-state index in [1.54, 1.807) is 31.3 Å². The lowest BCUT2D eigenvalue weighted by Gasteiger charge is -2.28. The summed E-state index contributed by atoms with van der Waals surface area (Å²) >= 11 is 19.0. The van der Waals surface area contributed by atoms with Gasteiger partial charge >= 0.3 is 0 Å². The van der Waals surface area contributed by atoms with Crippen molar-refractivity contribution in [1.29, 1.82) is 0 Å². The Hall–Kier alpha value is -2.79. The van der Waals surface area contributed by atoms with Crippen LogP contribution in [0, 0.1) is 0 Å². The van der Waals surface area contributed by atoms with E-state index in [2.05, 4.69) is 20.2 Å². The van der Waals surface area contributed by atoms with Crippen LogP contribution in [0.2, 0.25) is 15.1 Å². The Morgan fingerprint density at radius 3 is 2.57 bits per heavy atom. The highest BCUT2D eigenvalue weighted by atomic mass is 35.5. The first-order valence-electron chi connectivity index (χ1n) is 10.4. The number of aromatic nitrogens is 4. The van der Waals surface area contributed by atoms with Gasteiger partial charge in [-0.1, -0.05) is 34.8 Å². The molecule has 4 heterocycles. The number of ether oxygens (including phenoxy) is 2. The highest BCUT2D eigenvalue weighted by Crippen LogP contribution is 2.40. The number of anilines is 1. The molecule has 1 aliphatic rings. The van der Waals surface area contributed by atoms with Crippen LogP contribution in [-0.2, 0) is 10.0 Å². The van der Waals surface area contributed by atoms with Crippen LogP contribution < -0.4 is 13.8 Å². The molecule has 4 aromatic rings. The predicted octanol–water partition coefficient (Wildman–Crippen LogP) is 5.28. The molecule has 5 rings (SSSR count). The minimum atomic E-state index is -3.50. The smallest absolute Gasteiger partial charge is 0.238 e. The molecule has 0 unspecified atom stereocenters. The third kappa shape index (κ3) is 4.47. The second-order valence-electron chi connectivity index (χ2n) is 7.91. The number of halogens is 3. The Morgan fingerprint density at radius 2 is 1.86 bits per heavy atom. The van der Waals surface area contributed by atoms with Gasteiger partial charge < -0.3 is 9.47 Å². The third-order valence-corrected chi connectivity index (χ3v) is 7.60. The summed E-state index contributed by atoms with van der Waals surface area (Å²) in [7, 11) is -3.50. The molecule has 182 valence electrons. The molecule has 9 nitrogen and oxygen atoms in total. The average Bonchev–Trinajstić information content (AvgIpc) is 3.20. The summed E-state index contributed by atoms with van der Waals surface area (Å²) in [6.45, 7) is 2.22. The number of nitrogens with zero attached hydrogens (tertiary/aromatic N) is 4. The maximum Gasteiger partial charge on any atom is 0.238 e. The molecule has 0 aliphatic carbocycles. The van der Waals surface area contributed by atoms with Crippen LogP contribution >= 0.6 is 34.8 Å². The van der Waals surface area contributed by atoms with E-state index in [4.69, 9.17) is 44.3 Å². The fourth-order valence-corrected chi connectivity index (χ4v) is 5.71. The Kier molecular flexibility index (Phi) is 6.16. The van der Waals surface area contributed by atoms with Crippen molar-refractivity contribution in [1.82, 2.24) is 20.2 Å². The number of rotatable bonds is 5. The van der Waals surface area contributed by atoms with E-state index in [9.17, 15) is 8.42 Å². The first-order valence-corrected chi connectivity index (χ1v) is 13.4. The Balaban J connectivity index is 1.56. The van der Waals surface area contributed by atoms with Crippen LogP contribution in [0.3, 0.4) is 0 Å². The van der Waals surface area contributed by atoms with Crippen LogP contribution in [-0.4, -0.2) is 48.0 Å². The molecule has 0 fully saturated rings. The standard InChI is InChI=1S/C22H18Cl3N5O4S/c1-11(20-15(24)9-26-10-16(20)25)34-19-6-13-17(7-14(19)23)28-29-21(13)12-5-18-22(27-8-12)33-4-3-30(18)35(2,31)32/h5-11H,3-4H2,1-2H3,(H,28,29)/t11-/m1/s1. The van der Waals surface area contributed by atoms with Crippen LogP contribution in [0.4, 0.5) is 5.69 Å². The van der Waals surface area contributed by atoms with Crippen molar-refractivity contribution < 1.29 is 17.9 Å². The highest BCUT2D eigenvalue weighted by molar-refractivity contribution is 7.92. The van der Waals surface area contributed by atoms with Gasteiger partial charge in [0.25, 0.3) is 0 Å². The molecule has 1 N–H and O–H groups in total. The number of benzene rings is 1. The highest BCUT2D eigenvalue weighted by Gasteiger charge is 2.27. The lowest BCUT2D eigenvalue weighted by molar-refractivity contribution is 0.227. The molecule has 13 heteroatoms. The molecule has 1 aliphatic heterocycles. The Labute approximate surface area is 216 Å². The summed E-state index contributed by atoms with van der Waals surface area (Å²) in [6.07, 6.45) is 5.19. The number of nitrogens with one attached hydrogen (secondary N) is 1. The van der Waals surface area contributed by atoms with E-state index >= 15 is 0 Å². The molecule has 35 heavy (non-hydrogen) atoms. The van der Waals surface area contributed by atoms with Gasteiger partial charge in [0.2, 0.25) is 15.9 Å². The maximum atomic E-state index is 12.3. The summed E-state index contributed by atoms with van der Waals surface area (Å²) in [6, 6.07) is 5.13. The second-order valence-corrected chi connectivity index (χ2v) is 11.0. The van der Waals surface area contributed by atoms with E-state index in [-0.39, 0.29) is 19.0 Å². The first kappa shape index (κ1) is 23.9. The van der Waals surface area contributed by atoms with E-state index < -0.39 is 16.1 Å². The minimum Gasteiger partial charge on any atom is -0.484 e. The molecule has 0 amide bonds. The molecule has 0 saturated carbocycles. The van der Waals surface area contributed by atoms with Gasteiger partial charge in [-0.15, -0.1) is 0 Å². The summed E-state index contributed by atoms with van der Waals surface area (Å²) < 4.78 is 37.5. The van der Waals surface area contributed by atoms with Gasteiger partial charge in [0.05, 0.1) is 33.4 Å². The Morgan fingerprint density at radius 1 is 1.11 bits per heavy atom. The van der Waals surface area contributed by atoms with E-state index in [1.807, 2.05) is 0 Å². The minimum absolute atomic E-state index is 0.198. The first-order chi connectivity index (χ1) is 16.6. The van der Waals surface area contributed by atoms with Gasteiger partial charge in [-0.3, -0.25) is 14.4 Å². The van der Waals surface area contributed by atoms with Crippen LogP contribution in [0.1, 0.15) is 18.6 Å². The third-order valence-electron chi connectivity index (χ3n) is 5.52. The number of hydrogen-bond acceptors (Lipinski definition) is 7. The van der Waals surface area contributed by atoms with Gasteiger partial charge in [-0.25, -0.2) is 13.4 Å². The van der Waals surface area contributed by atoms with Gasteiger partial charge in [0.1, 0.15) is 29.8 Å². The molecule has 0 spiro atoms. The zero-order valence-corrected chi connectivity index (χ0v) is 21.5. The van der Waals surface area contributed by atoms with Crippen molar-refractivity contribution in [3.8, 4) is 22.9 Å². The van der Waals surface area contributed by atoms with Crippen molar-refractivity contribution in [2.75, 3.05) is 23.7 Å². The summed E-state index contributed by atoms with van der Waals surface area (Å²) in [5.41, 5.74) is 2.75. The fourth-order valence-electron chi connectivity index (χ4n) is 3.94. The second kappa shape index (κ2) is 9.02. The van der Waals surface area contributed by atoms with E-state index in [0.717, 1.165) is 6.26 Å². The lowest BCUT2D eigenvalue weighted by Crippen LogP contribution is -2.37. The summed E-state index contributed by atoms with van der Waals surface area (Å²) in [5.74, 6) is 0.641. The van der Waals surface area contributed by atoms with Crippen molar-refractivity contribution in [2.45, 2.75) is 13.0 Å². The molecule has 0 bridgehead atoms.